The molecule has 0 bridgehead atoms. The van der Waals surface area contributed by atoms with E-state index in [1.54, 1.807) is 12.1 Å². The minimum atomic E-state index is -0.843. The van der Waals surface area contributed by atoms with E-state index in [9.17, 15) is 8.78 Å². The first-order valence-corrected chi connectivity index (χ1v) is 3.72. The quantitative estimate of drug-likeness (QED) is 0.793. The Kier molecular flexibility index (Phi) is 4.88. The second-order valence-corrected chi connectivity index (χ2v) is 2.79. The molecule has 1 nitrogen and oxygen atoms in total. The van der Waals surface area contributed by atoms with Crippen LogP contribution in [-0.4, -0.2) is 6.67 Å². The highest BCUT2D eigenvalue weighted by atomic mass is 35.5. The van der Waals surface area contributed by atoms with Gasteiger partial charge in [-0.05, 0) is 13.0 Å². The Morgan fingerprint density at radius 3 is 2.62 bits per heavy atom. The summed E-state index contributed by atoms with van der Waals surface area (Å²) in [6, 6.07) is 3.66. The molecule has 1 aromatic carbocycles. The van der Waals surface area contributed by atoms with Gasteiger partial charge in [0.25, 0.3) is 0 Å². The standard InChI is InChI=1S/C9H11F2N.ClH/c1-6-2-3-8(11)7(4-6)9(12)5-10;/h2-4,9H,5,12H2,1H3;1H/t9-;/m0./s1. The van der Waals surface area contributed by atoms with Crippen LogP contribution in [0, 0.1) is 12.7 Å². The number of rotatable bonds is 2. The van der Waals surface area contributed by atoms with Crippen LogP contribution >= 0.6 is 12.4 Å². The summed E-state index contributed by atoms with van der Waals surface area (Å²) in [5.41, 5.74) is 6.48. The number of hydrogen-bond donors (Lipinski definition) is 1. The first-order valence-electron chi connectivity index (χ1n) is 3.72. The molecular formula is C9H12ClF2N. The van der Waals surface area contributed by atoms with Crippen LogP contribution in [0.1, 0.15) is 17.2 Å². The number of alkyl halides is 1. The number of benzene rings is 1. The maximum Gasteiger partial charge on any atom is 0.128 e. The molecular weight excluding hydrogens is 196 g/mol. The summed E-state index contributed by atoms with van der Waals surface area (Å²) in [5.74, 6) is -0.439. The van der Waals surface area contributed by atoms with Crippen LogP contribution in [0.15, 0.2) is 18.2 Å². The molecule has 0 aliphatic heterocycles. The number of hydrogen-bond acceptors (Lipinski definition) is 1. The zero-order chi connectivity index (χ0) is 9.14. The highest BCUT2D eigenvalue weighted by molar-refractivity contribution is 5.85. The van der Waals surface area contributed by atoms with E-state index in [-0.39, 0.29) is 18.0 Å². The van der Waals surface area contributed by atoms with Gasteiger partial charge in [-0.2, -0.15) is 0 Å². The van der Waals surface area contributed by atoms with Gasteiger partial charge in [-0.15, -0.1) is 12.4 Å². The fourth-order valence-corrected chi connectivity index (χ4v) is 1.03. The van der Waals surface area contributed by atoms with Crippen LogP contribution in [-0.2, 0) is 0 Å². The smallest absolute Gasteiger partial charge is 0.128 e. The lowest BCUT2D eigenvalue weighted by Gasteiger charge is -2.08. The van der Waals surface area contributed by atoms with Crippen molar-refractivity contribution in [3.8, 4) is 0 Å². The van der Waals surface area contributed by atoms with Crippen molar-refractivity contribution in [3.05, 3.63) is 35.1 Å². The Morgan fingerprint density at radius 2 is 2.08 bits per heavy atom. The third kappa shape index (κ3) is 2.94. The van der Waals surface area contributed by atoms with Crippen molar-refractivity contribution < 1.29 is 8.78 Å². The van der Waals surface area contributed by atoms with Gasteiger partial charge in [0.15, 0.2) is 0 Å². The lowest BCUT2D eigenvalue weighted by atomic mass is 10.1. The Bertz CT molecular complexity index is 278. The Morgan fingerprint density at radius 1 is 1.46 bits per heavy atom. The van der Waals surface area contributed by atoms with Gasteiger partial charge in [-0.3, -0.25) is 0 Å². The second-order valence-electron chi connectivity index (χ2n) is 2.79. The lowest BCUT2D eigenvalue weighted by molar-refractivity contribution is 0.426. The molecule has 1 rings (SSSR count). The summed E-state index contributed by atoms with van der Waals surface area (Å²) in [4.78, 5) is 0. The van der Waals surface area contributed by atoms with Crippen molar-refractivity contribution in [1.82, 2.24) is 0 Å². The van der Waals surface area contributed by atoms with Crippen LogP contribution in [0.25, 0.3) is 0 Å². The molecule has 2 N–H and O–H groups in total. The molecule has 4 heteroatoms. The molecule has 0 fully saturated rings. The summed E-state index contributed by atoms with van der Waals surface area (Å²) >= 11 is 0. The van der Waals surface area contributed by atoms with Gasteiger partial charge in [0, 0.05) is 5.56 Å². The second kappa shape index (κ2) is 5.14. The van der Waals surface area contributed by atoms with Gasteiger partial charge in [-0.1, -0.05) is 17.7 Å². The Labute approximate surface area is 82.4 Å². The maximum atomic E-state index is 13.0. The Balaban J connectivity index is 0.00000144. The van der Waals surface area contributed by atoms with Crippen LogP contribution in [0.5, 0.6) is 0 Å². The SMILES string of the molecule is Cc1ccc(F)c([C@@H](N)CF)c1.Cl. The third-order valence-electron chi connectivity index (χ3n) is 1.72. The van der Waals surface area contributed by atoms with E-state index in [0.717, 1.165) is 5.56 Å². The van der Waals surface area contributed by atoms with Gasteiger partial charge < -0.3 is 5.73 Å². The summed E-state index contributed by atoms with van der Waals surface area (Å²) in [5, 5.41) is 0. The van der Waals surface area contributed by atoms with E-state index < -0.39 is 18.5 Å². The molecule has 0 saturated carbocycles. The molecule has 74 valence electrons. The van der Waals surface area contributed by atoms with Crippen molar-refractivity contribution in [2.24, 2.45) is 5.73 Å². The average molecular weight is 208 g/mol. The van der Waals surface area contributed by atoms with E-state index in [0.29, 0.717) is 0 Å². The van der Waals surface area contributed by atoms with E-state index in [2.05, 4.69) is 0 Å². The predicted molar refractivity (Wildman–Crippen MR) is 51.3 cm³/mol. The summed E-state index contributed by atoms with van der Waals surface area (Å²) in [6.07, 6.45) is 0. The van der Waals surface area contributed by atoms with Crippen molar-refractivity contribution in [2.75, 3.05) is 6.67 Å². The van der Waals surface area contributed by atoms with Gasteiger partial charge in [0.2, 0.25) is 0 Å². The van der Waals surface area contributed by atoms with Gasteiger partial charge >= 0.3 is 0 Å². The van der Waals surface area contributed by atoms with Gasteiger partial charge in [0.05, 0.1) is 6.04 Å². The molecule has 0 saturated heterocycles. The van der Waals surface area contributed by atoms with Crippen LogP contribution < -0.4 is 5.73 Å². The number of halogens is 3. The first kappa shape index (κ1) is 12.3. The van der Waals surface area contributed by atoms with Gasteiger partial charge in [-0.25, -0.2) is 8.78 Å². The molecule has 13 heavy (non-hydrogen) atoms. The molecule has 0 radical (unpaired) electrons. The largest absolute Gasteiger partial charge is 0.322 e. The van der Waals surface area contributed by atoms with Crippen molar-refractivity contribution in [1.29, 1.82) is 0 Å². The topological polar surface area (TPSA) is 26.0 Å². The molecule has 1 aromatic rings. The van der Waals surface area contributed by atoms with Crippen molar-refractivity contribution in [3.63, 3.8) is 0 Å². The van der Waals surface area contributed by atoms with Crippen LogP contribution in [0.4, 0.5) is 8.78 Å². The highest BCUT2D eigenvalue weighted by Gasteiger charge is 2.10. The molecule has 0 amide bonds. The summed E-state index contributed by atoms with van der Waals surface area (Å²) in [6.45, 7) is 1.08. The highest BCUT2D eigenvalue weighted by Crippen LogP contribution is 2.16. The normalized spacial score (nSPS) is 12.0. The monoisotopic (exact) mass is 207 g/mol. The molecule has 0 spiro atoms. The van der Waals surface area contributed by atoms with Crippen molar-refractivity contribution in [2.45, 2.75) is 13.0 Å². The molecule has 0 heterocycles. The number of nitrogens with two attached hydrogens (primary N) is 1. The molecule has 0 aliphatic carbocycles. The van der Waals surface area contributed by atoms with E-state index >= 15 is 0 Å². The molecule has 0 aliphatic rings. The lowest BCUT2D eigenvalue weighted by Crippen LogP contribution is -2.14. The maximum absolute atomic E-state index is 13.0. The Hall–Kier alpha value is -0.670. The zero-order valence-corrected chi connectivity index (χ0v) is 8.07. The first-order chi connectivity index (χ1) is 5.65. The summed E-state index contributed by atoms with van der Waals surface area (Å²) in [7, 11) is 0. The minimum Gasteiger partial charge on any atom is -0.322 e. The third-order valence-corrected chi connectivity index (χ3v) is 1.72. The molecule has 0 unspecified atom stereocenters. The van der Waals surface area contributed by atoms with Crippen molar-refractivity contribution >= 4 is 12.4 Å². The predicted octanol–water partition coefficient (Wildman–Crippen LogP) is 2.53. The van der Waals surface area contributed by atoms with Gasteiger partial charge in [0.1, 0.15) is 12.5 Å². The fourth-order valence-electron chi connectivity index (χ4n) is 1.03. The molecule has 0 aromatic heterocycles. The number of aryl methyl sites for hydroxylation is 1. The summed E-state index contributed by atoms with van der Waals surface area (Å²) < 4.78 is 25.1. The fraction of sp³-hybridized carbons (Fsp3) is 0.333. The van der Waals surface area contributed by atoms with E-state index in [1.165, 1.54) is 6.07 Å². The average Bonchev–Trinajstić information content (AvgIpc) is 2.08. The van der Waals surface area contributed by atoms with E-state index in [1.807, 2.05) is 6.92 Å². The van der Waals surface area contributed by atoms with Crippen LogP contribution in [0.3, 0.4) is 0 Å². The molecule has 1 atom stereocenters. The van der Waals surface area contributed by atoms with E-state index in [4.69, 9.17) is 5.73 Å². The van der Waals surface area contributed by atoms with Crippen LogP contribution in [0.2, 0.25) is 0 Å². The zero-order valence-electron chi connectivity index (χ0n) is 7.26. The minimum absolute atomic E-state index is 0.